The standard InChI is InChI=1S/C14H14N4S/c1-9-3-2-4-10(18-9)7-16-11-5-6-12-14(13(11)15)17-8-19-12/h2-6,8,16H,7,15H2,1H3. The lowest BCUT2D eigenvalue weighted by molar-refractivity contribution is 1.02. The van der Waals surface area contributed by atoms with Crippen molar-refractivity contribution in [1.29, 1.82) is 0 Å². The zero-order valence-corrected chi connectivity index (χ0v) is 11.4. The average molecular weight is 270 g/mol. The zero-order chi connectivity index (χ0) is 13.2. The molecule has 1 aromatic carbocycles. The zero-order valence-electron chi connectivity index (χ0n) is 10.6. The molecule has 0 saturated carbocycles. The van der Waals surface area contributed by atoms with E-state index in [2.05, 4.69) is 15.3 Å². The second-order valence-corrected chi connectivity index (χ2v) is 5.24. The van der Waals surface area contributed by atoms with Gasteiger partial charge in [0.25, 0.3) is 0 Å². The van der Waals surface area contributed by atoms with Crippen LogP contribution in [0.3, 0.4) is 0 Å². The molecule has 0 spiro atoms. The summed E-state index contributed by atoms with van der Waals surface area (Å²) < 4.78 is 1.11. The number of fused-ring (bicyclic) bond motifs is 1. The third-order valence-corrected chi connectivity index (χ3v) is 3.74. The fourth-order valence-electron chi connectivity index (χ4n) is 1.99. The second kappa shape index (κ2) is 4.85. The normalized spacial score (nSPS) is 10.8. The second-order valence-electron chi connectivity index (χ2n) is 4.35. The summed E-state index contributed by atoms with van der Waals surface area (Å²) in [5.74, 6) is 0. The molecule has 19 heavy (non-hydrogen) atoms. The highest BCUT2D eigenvalue weighted by Crippen LogP contribution is 2.30. The van der Waals surface area contributed by atoms with E-state index >= 15 is 0 Å². The maximum atomic E-state index is 6.12. The van der Waals surface area contributed by atoms with Crippen molar-refractivity contribution in [2.45, 2.75) is 13.5 Å². The van der Waals surface area contributed by atoms with Crippen molar-refractivity contribution in [3.05, 3.63) is 47.2 Å². The molecule has 0 aliphatic rings. The smallest absolute Gasteiger partial charge is 0.106 e. The van der Waals surface area contributed by atoms with Gasteiger partial charge in [0.05, 0.1) is 33.8 Å². The molecule has 3 N–H and O–H groups in total. The summed E-state index contributed by atoms with van der Waals surface area (Å²) in [6.07, 6.45) is 0. The van der Waals surface area contributed by atoms with Gasteiger partial charge in [-0.15, -0.1) is 11.3 Å². The summed E-state index contributed by atoms with van der Waals surface area (Å²) in [6.45, 7) is 2.64. The molecule has 96 valence electrons. The molecule has 3 aromatic rings. The minimum Gasteiger partial charge on any atom is -0.395 e. The number of nitrogens with two attached hydrogens (primary N) is 1. The number of aromatic nitrogens is 2. The van der Waals surface area contributed by atoms with Gasteiger partial charge in [0, 0.05) is 5.69 Å². The first kappa shape index (κ1) is 11.9. The van der Waals surface area contributed by atoms with Gasteiger partial charge in [-0.2, -0.15) is 0 Å². The van der Waals surface area contributed by atoms with Crippen molar-refractivity contribution in [3.63, 3.8) is 0 Å². The van der Waals surface area contributed by atoms with E-state index in [0.29, 0.717) is 12.2 Å². The minimum absolute atomic E-state index is 0.654. The number of aryl methyl sites for hydroxylation is 1. The van der Waals surface area contributed by atoms with E-state index in [1.807, 2.05) is 42.8 Å². The molecule has 3 rings (SSSR count). The third kappa shape index (κ3) is 2.37. The predicted molar refractivity (Wildman–Crippen MR) is 80.3 cm³/mol. The lowest BCUT2D eigenvalue weighted by atomic mass is 10.2. The number of nitrogen functional groups attached to an aromatic ring is 1. The number of hydrogen-bond acceptors (Lipinski definition) is 5. The van der Waals surface area contributed by atoms with Crippen LogP contribution in [0.4, 0.5) is 11.4 Å². The molecule has 0 atom stereocenters. The Morgan fingerprint density at radius 3 is 3.00 bits per heavy atom. The summed E-state index contributed by atoms with van der Waals surface area (Å²) in [4.78, 5) is 8.74. The average Bonchev–Trinajstić information content (AvgIpc) is 2.87. The highest BCUT2D eigenvalue weighted by molar-refractivity contribution is 7.16. The van der Waals surface area contributed by atoms with E-state index in [1.54, 1.807) is 11.3 Å². The van der Waals surface area contributed by atoms with Crippen LogP contribution in [0.15, 0.2) is 35.8 Å². The molecular weight excluding hydrogens is 256 g/mol. The molecule has 0 aliphatic carbocycles. The number of nitrogens with zero attached hydrogens (tertiary/aromatic N) is 2. The van der Waals surface area contributed by atoms with E-state index in [0.717, 1.165) is 27.3 Å². The van der Waals surface area contributed by atoms with Crippen molar-refractivity contribution in [2.75, 3.05) is 11.1 Å². The SMILES string of the molecule is Cc1cccc(CNc2ccc3scnc3c2N)n1. The quantitative estimate of drug-likeness (QED) is 0.717. The molecule has 0 bridgehead atoms. The van der Waals surface area contributed by atoms with Gasteiger partial charge in [-0.1, -0.05) is 6.07 Å². The molecule has 0 radical (unpaired) electrons. The highest BCUT2D eigenvalue weighted by Gasteiger charge is 2.06. The van der Waals surface area contributed by atoms with Crippen LogP contribution in [0.1, 0.15) is 11.4 Å². The van der Waals surface area contributed by atoms with Gasteiger partial charge in [0.1, 0.15) is 5.52 Å². The van der Waals surface area contributed by atoms with Gasteiger partial charge in [-0.05, 0) is 31.2 Å². The number of pyridine rings is 1. The van der Waals surface area contributed by atoms with E-state index in [-0.39, 0.29) is 0 Å². The lowest BCUT2D eigenvalue weighted by Crippen LogP contribution is -2.04. The maximum absolute atomic E-state index is 6.12. The Morgan fingerprint density at radius 2 is 2.16 bits per heavy atom. The van der Waals surface area contributed by atoms with Crippen molar-refractivity contribution >= 4 is 32.9 Å². The molecule has 2 aromatic heterocycles. The first-order valence-electron chi connectivity index (χ1n) is 6.02. The molecule has 0 unspecified atom stereocenters. The fourth-order valence-corrected chi connectivity index (χ4v) is 2.68. The molecule has 5 heteroatoms. The Balaban J connectivity index is 1.83. The van der Waals surface area contributed by atoms with Gasteiger partial charge in [-0.25, -0.2) is 4.98 Å². The Hall–Kier alpha value is -2.14. The molecule has 0 aliphatic heterocycles. The predicted octanol–water partition coefficient (Wildman–Crippen LogP) is 3.19. The van der Waals surface area contributed by atoms with Crippen LogP contribution >= 0.6 is 11.3 Å². The molecular formula is C14H14N4S. The molecule has 0 amide bonds. The van der Waals surface area contributed by atoms with Crippen molar-refractivity contribution < 1.29 is 0 Å². The van der Waals surface area contributed by atoms with Crippen molar-refractivity contribution in [2.24, 2.45) is 0 Å². The monoisotopic (exact) mass is 270 g/mol. The Kier molecular flexibility index (Phi) is 3.05. The topological polar surface area (TPSA) is 63.8 Å². The molecule has 0 saturated heterocycles. The molecule has 2 heterocycles. The van der Waals surface area contributed by atoms with Crippen LogP contribution in [-0.2, 0) is 6.54 Å². The highest BCUT2D eigenvalue weighted by atomic mass is 32.1. The summed E-state index contributed by atoms with van der Waals surface area (Å²) in [5, 5.41) is 3.32. The summed E-state index contributed by atoms with van der Waals surface area (Å²) in [7, 11) is 0. The van der Waals surface area contributed by atoms with Gasteiger partial charge < -0.3 is 11.1 Å². The number of nitrogens with one attached hydrogen (secondary N) is 1. The fraction of sp³-hybridized carbons (Fsp3) is 0.143. The van der Waals surface area contributed by atoms with E-state index in [1.165, 1.54) is 0 Å². The Morgan fingerprint density at radius 1 is 1.26 bits per heavy atom. The van der Waals surface area contributed by atoms with Crippen LogP contribution in [0.25, 0.3) is 10.2 Å². The number of rotatable bonds is 3. The first-order valence-corrected chi connectivity index (χ1v) is 6.90. The van der Waals surface area contributed by atoms with Gasteiger partial charge >= 0.3 is 0 Å². The number of thiazole rings is 1. The summed E-state index contributed by atoms with van der Waals surface area (Å²) in [6, 6.07) is 10.0. The van der Waals surface area contributed by atoms with Gasteiger partial charge in [0.2, 0.25) is 0 Å². The van der Waals surface area contributed by atoms with E-state index in [9.17, 15) is 0 Å². The number of benzene rings is 1. The van der Waals surface area contributed by atoms with Crippen molar-refractivity contribution in [3.8, 4) is 0 Å². The van der Waals surface area contributed by atoms with Crippen LogP contribution < -0.4 is 11.1 Å². The van der Waals surface area contributed by atoms with E-state index < -0.39 is 0 Å². The van der Waals surface area contributed by atoms with Crippen LogP contribution in [0.2, 0.25) is 0 Å². The van der Waals surface area contributed by atoms with Crippen LogP contribution in [-0.4, -0.2) is 9.97 Å². The largest absolute Gasteiger partial charge is 0.395 e. The molecule has 4 nitrogen and oxygen atoms in total. The molecule has 0 fully saturated rings. The number of anilines is 2. The van der Waals surface area contributed by atoms with E-state index in [4.69, 9.17) is 5.73 Å². The Bertz CT molecular complexity index is 720. The summed E-state index contributed by atoms with van der Waals surface area (Å²) in [5.41, 5.74) is 12.4. The first-order chi connectivity index (χ1) is 9.24. The van der Waals surface area contributed by atoms with Crippen molar-refractivity contribution in [1.82, 2.24) is 9.97 Å². The van der Waals surface area contributed by atoms with Crippen LogP contribution in [0, 0.1) is 6.92 Å². The lowest BCUT2D eigenvalue weighted by Gasteiger charge is -2.09. The maximum Gasteiger partial charge on any atom is 0.106 e. The summed E-state index contributed by atoms with van der Waals surface area (Å²) >= 11 is 1.60. The third-order valence-electron chi connectivity index (χ3n) is 2.95. The minimum atomic E-state index is 0.654. The van der Waals surface area contributed by atoms with Crippen LogP contribution in [0.5, 0.6) is 0 Å². The Labute approximate surface area is 115 Å². The van der Waals surface area contributed by atoms with Gasteiger partial charge in [0.15, 0.2) is 0 Å². The van der Waals surface area contributed by atoms with Gasteiger partial charge in [-0.3, -0.25) is 4.98 Å². The number of hydrogen-bond donors (Lipinski definition) is 2.